The zero-order valence-electron chi connectivity index (χ0n) is 22.1. The highest BCUT2D eigenvalue weighted by Gasteiger charge is 2.09. The SMILES string of the molecule is CCCCCCCOc1ccc(OC(=O)c2ccc(-c3ccc(CCCCCCC)cc3)cc2)cc1. The van der Waals surface area contributed by atoms with Crippen molar-refractivity contribution < 1.29 is 14.3 Å². The Kier molecular flexibility index (Phi) is 12.1. The molecule has 192 valence electrons. The fraction of sp³-hybridized carbons (Fsp3) is 0.424. The fourth-order valence-electron chi connectivity index (χ4n) is 4.26. The van der Waals surface area contributed by atoms with E-state index in [-0.39, 0.29) is 5.97 Å². The van der Waals surface area contributed by atoms with Crippen molar-refractivity contribution in [3.8, 4) is 22.6 Å². The molecule has 0 fully saturated rings. The van der Waals surface area contributed by atoms with E-state index >= 15 is 0 Å². The highest BCUT2D eigenvalue weighted by molar-refractivity contribution is 5.91. The second kappa shape index (κ2) is 15.8. The number of hydrogen-bond donors (Lipinski definition) is 0. The molecule has 3 aromatic rings. The zero-order chi connectivity index (χ0) is 25.4. The lowest BCUT2D eigenvalue weighted by molar-refractivity contribution is 0.0734. The summed E-state index contributed by atoms with van der Waals surface area (Å²) in [5, 5.41) is 0. The molecule has 0 spiro atoms. The van der Waals surface area contributed by atoms with Crippen LogP contribution in [-0.2, 0) is 6.42 Å². The van der Waals surface area contributed by atoms with E-state index in [0.29, 0.717) is 11.3 Å². The molecule has 0 radical (unpaired) electrons. The lowest BCUT2D eigenvalue weighted by atomic mass is 10.00. The average Bonchev–Trinajstić information content (AvgIpc) is 2.92. The van der Waals surface area contributed by atoms with Gasteiger partial charge in [-0.1, -0.05) is 102 Å². The number of aryl methyl sites for hydroxylation is 1. The summed E-state index contributed by atoms with van der Waals surface area (Å²) in [4.78, 5) is 12.6. The fourth-order valence-corrected chi connectivity index (χ4v) is 4.26. The van der Waals surface area contributed by atoms with Crippen LogP contribution in [0.25, 0.3) is 11.1 Å². The van der Waals surface area contributed by atoms with E-state index in [2.05, 4.69) is 38.1 Å². The van der Waals surface area contributed by atoms with Crippen molar-refractivity contribution in [1.29, 1.82) is 0 Å². The minimum atomic E-state index is -0.357. The molecule has 36 heavy (non-hydrogen) atoms. The van der Waals surface area contributed by atoms with E-state index in [9.17, 15) is 4.79 Å². The lowest BCUT2D eigenvalue weighted by Crippen LogP contribution is -2.08. The summed E-state index contributed by atoms with van der Waals surface area (Å²) in [6, 6.07) is 23.7. The summed E-state index contributed by atoms with van der Waals surface area (Å²) >= 11 is 0. The van der Waals surface area contributed by atoms with E-state index < -0.39 is 0 Å². The van der Waals surface area contributed by atoms with Crippen LogP contribution in [0.1, 0.15) is 94.0 Å². The van der Waals surface area contributed by atoms with Crippen molar-refractivity contribution in [1.82, 2.24) is 0 Å². The minimum Gasteiger partial charge on any atom is -0.494 e. The smallest absolute Gasteiger partial charge is 0.343 e. The molecule has 0 bridgehead atoms. The highest BCUT2D eigenvalue weighted by atomic mass is 16.5. The van der Waals surface area contributed by atoms with Crippen LogP contribution in [0.5, 0.6) is 11.5 Å². The van der Waals surface area contributed by atoms with E-state index in [1.54, 1.807) is 12.1 Å². The second-order valence-electron chi connectivity index (χ2n) is 9.56. The van der Waals surface area contributed by atoms with Crippen LogP contribution in [0.4, 0.5) is 0 Å². The van der Waals surface area contributed by atoms with Crippen molar-refractivity contribution in [2.45, 2.75) is 84.5 Å². The van der Waals surface area contributed by atoms with E-state index in [4.69, 9.17) is 9.47 Å². The summed E-state index contributed by atoms with van der Waals surface area (Å²) < 4.78 is 11.3. The first-order valence-corrected chi connectivity index (χ1v) is 13.8. The summed E-state index contributed by atoms with van der Waals surface area (Å²) in [5.41, 5.74) is 4.18. The summed E-state index contributed by atoms with van der Waals surface area (Å²) in [6.07, 6.45) is 13.7. The minimum absolute atomic E-state index is 0.357. The molecular weight excluding hydrogens is 444 g/mol. The maximum atomic E-state index is 12.6. The molecule has 0 heterocycles. The molecule has 0 saturated heterocycles. The largest absolute Gasteiger partial charge is 0.494 e. The molecule has 0 aliphatic carbocycles. The number of unbranched alkanes of at least 4 members (excludes halogenated alkanes) is 8. The van der Waals surface area contributed by atoms with Crippen molar-refractivity contribution in [3.63, 3.8) is 0 Å². The quantitative estimate of drug-likeness (QED) is 0.115. The number of esters is 1. The van der Waals surface area contributed by atoms with E-state index in [0.717, 1.165) is 36.3 Å². The molecular formula is C33H42O3. The van der Waals surface area contributed by atoms with Gasteiger partial charge in [0.15, 0.2) is 0 Å². The van der Waals surface area contributed by atoms with Gasteiger partial charge in [0.05, 0.1) is 12.2 Å². The number of hydrogen-bond acceptors (Lipinski definition) is 3. The van der Waals surface area contributed by atoms with E-state index in [1.165, 1.54) is 63.4 Å². The van der Waals surface area contributed by atoms with Gasteiger partial charge in [0, 0.05) is 0 Å². The van der Waals surface area contributed by atoms with Crippen LogP contribution in [0, 0.1) is 0 Å². The molecule has 0 amide bonds. The van der Waals surface area contributed by atoms with Crippen molar-refractivity contribution in [2.75, 3.05) is 6.61 Å². The highest BCUT2D eigenvalue weighted by Crippen LogP contribution is 2.23. The van der Waals surface area contributed by atoms with Gasteiger partial charge in [0.25, 0.3) is 0 Å². The molecule has 0 aliphatic rings. The molecule has 0 atom stereocenters. The summed E-state index contributed by atoms with van der Waals surface area (Å²) in [5.74, 6) is 0.964. The molecule has 3 aromatic carbocycles. The predicted octanol–water partition coefficient (Wildman–Crippen LogP) is 9.43. The van der Waals surface area contributed by atoms with Gasteiger partial charge >= 0.3 is 5.97 Å². The Bertz CT molecular complexity index is 1000. The van der Waals surface area contributed by atoms with Gasteiger partial charge in [0.2, 0.25) is 0 Å². The van der Waals surface area contributed by atoms with Crippen LogP contribution >= 0.6 is 0 Å². The van der Waals surface area contributed by atoms with Crippen LogP contribution in [0.3, 0.4) is 0 Å². The first kappa shape index (κ1) is 27.5. The molecule has 0 aliphatic heterocycles. The summed E-state index contributed by atoms with van der Waals surface area (Å²) in [7, 11) is 0. The van der Waals surface area contributed by atoms with Crippen LogP contribution in [0.2, 0.25) is 0 Å². The Balaban J connectivity index is 1.45. The molecule has 0 unspecified atom stereocenters. The molecule has 0 saturated carbocycles. The van der Waals surface area contributed by atoms with Crippen molar-refractivity contribution in [2.24, 2.45) is 0 Å². The second-order valence-corrected chi connectivity index (χ2v) is 9.56. The first-order chi connectivity index (χ1) is 17.7. The molecule has 3 nitrogen and oxygen atoms in total. The Morgan fingerprint density at radius 3 is 1.72 bits per heavy atom. The van der Waals surface area contributed by atoms with Crippen LogP contribution in [0.15, 0.2) is 72.8 Å². The Labute approximate surface area is 217 Å². The van der Waals surface area contributed by atoms with Crippen LogP contribution in [-0.4, -0.2) is 12.6 Å². The molecule has 3 rings (SSSR count). The molecule has 3 heteroatoms. The van der Waals surface area contributed by atoms with Gasteiger partial charge in [-0.05, 0) is 72.4 Å². The molecule has 0 N–H and O–H groups in total. The van der Waals surface area contributed by atoms with E-state index in [1.807, 2.05) is 36.4 Å². The number of carbonyl (C=O) groups excluding carboxylic acids is 1. The topological polar surface area (TPSA) is 35.5 Å². The lowest BCUT2D eigenvalue weighted by Gasteiger charge is -2.09. The van der Waals surface area contributed by atoms with Crippen molar-refractivity contribution in [3.05, 3.63) is 83.9 Å². The van der Waals surface area contributed by atoms with Crippen LogP contribution < -0.4 is 9.47 Å². The number of benzene rings is 3. The summed E-state index contributed by atoms with van der Waals surface area (Å²) in [6.45, 7) is 5.19. The van der Waals surface area contributed by atoms with Gasteiger partial charge < -0.3 is 9.47 Å². The van der Waals surface area contributed by atoms with Gasteiger partial charge in [-0.2, -0.15) is 0 Å². The third kappa shape index (κ3) is 9.53. The normalized spacial score (nSPS) is 10.8. The van der Waals surface area contributed by atoms with Gasteiger partial charge in [-0.15, -0.1) is 0 Å². The number of carbonyl (C=O) groups is 1. The third-order valence-corrected chi connectivity index (χ3v) is 6.53. The Hall–Kier alpha value is -3.07. The van der Waals surface area contributed by atoms with Gasteiger partial charge in [0.1, 0.15) is 11.5 Å². The maximum absolute atomic E-state index is 12.6. The number of ether oxygens (including phenoxy) is 2. The third-order valence-electron chi connectivity index (χ3n) is 6.53. The molecule has 0 aromatic heterocycles. The first-order valence-electron chi connectivity index (χ1n) is 13.8. The standard InChI is InChI=1S/C33H42O3/c1-3-5-7-9-11-13-27-14-16-28(17-15-27)29-18-20-30(21-19-29)33(34)36-32-24-22-31(23-25-32)35-26-12-10-8-6-4-2/h14-25H,3-13,26H2,1-2H3. The van der Waals surface area contributed by atoms with Gasteiger partial charge in [-0.3, -0.25) is 0 Å². The van der Waals surface area contributed by atoms with Gasteiger partial charge in [-0.25, -0.2) is 4.79 Å². The Morgan fingerprint density at radius 2 is 1.11 bits per heavy atom. The number of rotatable bonds is 16. The zero-order valence-corrected chi connectivity index (χ0v) is 22.1. The maximum Gasteiger partial charge on any atom is 0.343 e. The monoisotopic (exact) mass is 486 g/mol. The Morgan fingerprint density at radius 1 is 0.583 bits per heavy atom. The predicted molar refractivity (Wildman–Crippen MR) is 150 cm³/mol. The van der Waals surface area contributed by atoms with Crippen molar-refractivity contribution >= 4 is 5.97 Å². The average molecular weight is 487 g/mol.